The van der Waals surface area contributed by atoms with Gasteiger partial charge in [-0.05, 0) is 56.4 Å². The van der Waals surface area contributed by atoms with E-state index in [1.54, 1.807) is 21.9 Å². The summed E-state index contributed by atoms with van der Waals surface area (Å²) in [5, 5.41) is 3.14. The van der Waals surface area contributed by atoms with E-state index in [1.165, 1.54) is 0 Å². The number of amides is 3. The molecule has 4 heterocycles. The standard InChI is InChI=1S/C27H29ClF3N5O2/c1-16(2)32-25(38)35-14-26(15-35)19-7-3-4-8-21(19)36(24(26)37)13-20-17(6-5-11-27(29,30)31)12-18-9-10-22(28)34-23(18)33-20/h3-4,7-10,16-17H,5-6,11-15H2,1-2H3,(H,32,38). The highest BCUT2D eigenvalue weighted by Crippen LogP contribution is 2.47. The summed E-state index contributed by atoms with van der Waals surface area (Å²) in [5.41, 5.74) is 2.19. The number of alkyl halides is 3. The van der Waals surface area contributed by atoms with Crippen molar-refractivity contribution in [2.24, 2.45) is 10.9 Å². The number of para-hydroxylation sites is 1. The normalized spacial score (nSPS) is 19.8. The molecule has 0 bridgehead atoms. The van der Waals surface area contributed by atoms with Crippen LogP contribution in [0.1, 0.15) is 44.2 Å². The van der Waals surface area contributed by atoms with E-state index >= 15 is 0 Å². The molecule has 1 aromatic carbocycles. The number of urea groups is 1. The van der Waals surface area contributed by atoms with Gasteiger partial charge in [-0.15, -0.1) is 0 Å². The third-order valence-electron chi connectivity index (χ3n) is 7.43. The fourth-order valence-corrected chi connectivity index (χ4v) is 5.75. The Labute approximate surface area is 224 Å². The van der Waals surface area contributed by atoms with Crippen LogP contribution in [0.15, 0.2) is 41.4 Å². The maximum atomic E-state index is 13.9. The second-order valence-corrected chi connectivity index (χ2v) is 11.0. The molecule has 5 rings (SSSR count). The van der Waals surface area contributed by atoms with Crippen LogP contribution in [0.5, 0.6) is 0 Å². The Balaban J connectivity index is 1.42. The van der Waals surface area contributed by atoms with Gasteiger partial charge in [0.2, 0.25) is 5.91 Å². The third kappa shape index (κ3) is 4.98. The summed E-state index contributed by atoms with van der Waals surface area (Å²) in [6.45, 7) is 4.42. The Morgan fingerprint density at radius 1 is 1.21 bits per heavy atom. The molecule has 1 fully saturated rings. The maximum Gasteiger partial charge on any atom is 0.389 e. The lowest BCUT2D eigenvalue weighted by Crippen LogP contribution is -2.67. The lowest BCUT2D eigenvalue weighted by Gasteiger charge is -2.46. The van der Waals surface area contributed by atoms with Crippen molar-refractivity contribution in [1.82, 2.24) is 15.2 Å². The Morgan fingerprint density at radius 3 is 2.66 bits per heavy atom. The molecule has 1 aromatic heterocycles. The highest BCUT2D eigenvalue weighted by molar-refractivity contribution is 6.29. The third-order valence-corrected chi connectivity index (χ3v) is 7.64. The number of benzene rings is 1. The first kappa shape index (κ1) is 26.5. The second kappa shape index (κ2) is 9.87. The van der Waals surface area contributed by atoms with Crippen molar-refractivity contribution in [3.05, 3.63) is 52.7 Å². The minimum absolute atomic E-state index is 0.0225. The number of carbonyl (C=O) groups excluding carboxylic acids is 2. The summed E-state index contributed by atoms with van der Waals surface area (Å²) < 4.78 is 38.7. The number of rotatable bonds is 6. The molecule has 11 heteroatoms. The molecule has 1 atom stereocenters. The topological polar surface area (TPSA) is 77.9 Å². The molecule has 3 amide bonds. The molecule has 3 aliphatic rings. The van der Waals surface area contributed by atoms with E-state index < -0.39 is 18.0 Å². The van der Waals surface area contributed by atoms with E-state index in [0.29, 0.717) is 24.4 Å². The average molecular weight is 548 g/mol. The fraction of sp³-hybridized carbons (Fsp3) is 0.481. The number of halogens is 4. The van der Waals surface area contributed by atoms with Crippen molar-refractivity contribution in [1.29, 1.82) is 0 Å². The molecule has 0 saturated carbocycles. The molecule has 0 aliphatic carbocycles. The second-order valence-electron chi connectivity index (χ2n) is 10.6. The highest BCUT2D eigenvalue weighted by Gasteiger charge is 2.59. The SMILES string of the molecule is CC(C)NC(=O)N1CC2(C1)C(=O)N(CC1=Nc3nc(Cl)ccc3CC1CCCC(F)(F)F)c1ccccc12. The van der Waals surface area contributed by atoms with E-state index in [4.69, 9.17) is 16.6 Å². The number of carbonyl (C=O) groups is 2. The van der Waals surface area contributed by atoms with Crippen LogP contribution in [0.2, 0.25) is 5.15 Å². The van der Waals surface area contributed by atoms with Gasteiger partial charge in [0, 0.05) is 42.9 Å². The number of fused-ring (bicyclic) bond motifs is 3. The van der Waals surface area contributed by atoms with Gasteiger partial charge in [-0.25, -0.2) is 14.8 Å². The summed E-state index contributed by atoms with van der Waals surface area (Å²) in [4.78, 5) is 38.7. The van der Waals surface area contributed by atoms with Crippen LogP contribution in [0.4, 0.5) is 29.5 Å². The fourth-order valence-electron chi connectivity index (χ4n) is 5.61. The molecule has 3 aliphatic heterocycles. The molecule has 38 heavy (non-hydrogen) atoms. The van der Waals surface area contributed by atoms with Crippen LogP contribution in [0.25, 0.3) is 0 Å². The number of aromatic nitrogens is 1. The number of aliphatic imine (C=N–C) groups is 1. The van der Waals surface area contributed by atoms with Gasteiger partial charge in [0.1, 0.15) is 10.6 Å². The first-order valence-corrected chi connectivity index (χ1v) is 13.1. The number of pyridine rings is 1. The van der Waals surface area contributed by atoms with Gasteiger partial charge < -0.3 is 15.1 Å². The van der Waals surface area contributed by atoms with Gasteiger partial charge >= 0.3 is 12.2 Å². The van der Waals surface area contributed by atoms with Crippen LogP contribution < -0.4 is 10.2 Å². The lowest BCUT2D eigenvalue weighted by atomic mass is 9.75. The average Bonchev–Trinajstić information content (AvgIpc) is 3.05. The van der Waals surface area contributed by atoms with Crippen LogP contribution in [0, 0.1) is 5.92 Å². The lowest BCUT2D eigenvalue weighted by molar-refractivity contribution is -0.135. The molecule has 1 spiro atoms. The van der Waals surface area contributed by atoms with Crippen molar-refractivity contribution in [3.8, 4) is 0 Å². The molecular formula is C27H29ClF3N5O2. The summed E-state index contributed by atoms with van der Waals surface area (Å²) >= 11 is 6.08. The zero-order valence-corrected chi connectivity index (χ0v) is 21.9. The van der Waals surface area contributed by atoms with Crippen molar-refractivity contribution in [2.45, 2.75) is 57.2 Å². The smallest absolute Gasteiger partial charge is 0.336 e. The molecule has 1 unspecified atom stereocenters. The van der Waals surface area contributed by atoms with Crippen LogP contribution >= 0.6 is 11.6 Å². The Bertz CT molecular complexity index is 1290. The highest BCUT2D eigenvalue weighted by atomic mass is 35.5. The maximum absolute atomic E-state index is 13.9. The van der Waals surface area contributed by atoms with Gasteiger partial charge in [-0.2, -0.15) is 13.2 Å². The van der Waals surface area contributed by atoms with E-state index in [1.807, 2.05) is 38.1 Å². The number of likely N-dealkylation sites (tertiary alicyclic amines) is 1. The van der Waals surface area contributed by atoms with Gasteiger partial charge in [0.05, 0.1) is 6.54 Å². The number of nitrogens with one attached hydrogen (secondary N) is 1. The number of anilines is 1. The van der Waals surface area contributed by atoms with Crippen LogP contribution in [0.3, 0.4) is 0 Å². The quantitative estimate of drug-likeness (QED) is 0.490. The summed E-state index contributed by atoms with van der Waals surface area (Å²) in [6.07, 6.45) is -4.36. The Kier molecular flexibility index (Phi) is 6.87. The van der Waals surface area contributed by atoms with Crippen LogP contribution in [-0.4, -0.2) is 59.4 Å². The molecular weight excluding hydrogens is 519 g/mol. The zero-order chi connectivity index (χ0) is 27.2. The van der Waals surface area contributed by atoms with Gasteiger partial charge in [0.25, 0.3) is 0 Å². The van der Waals surface area contributed by atoms with Crippen molar-refractivity contribution >= 4 is 40.8 Å². The Morgan fingerprint density at radius 2 is 1.95 bits per heavy atom. The molecule has 1 N–H and O–H groups in total. The first-order chi connectivity index (χ1) is 18.0. The molecule has 7 nitrogen and oxygen atoms in total. The van der Waals surface area contributed by atoms with Crippen LogP contribution in [-0.2, 0) is 16.6 Å². The minimum atomic E-state index is -4.23. The molecule has 202 valence electrons. The Hall–Kier alpha value is -3.14. The minimum Gasteiger partial charge on any atom is -0.336 e. The van der Waals surface area contributed by atoms with E-state index in [-0.39, 0.29) is 55.1 Å². The van der Waals surface area contributed by atoms with E-state index in [9.17, 15) is 22.8 Å². The number of hydrogen-bond acceptors (Lipinski definition) is 4. The zero-order valence-electron chi connectivity index (χ0n) is 21.2. The number of nitrogens with zero attached hydrogens (tertiary/aromatic N) is 4. The first-order valence-electron chi connectivity index (χ1n) is 12.7. The number of hydrogen-bond donors (Lipinski definition) is 1. The van der Waals surface area contributed by atoms with Crippen molar-refractivity contribution in [2.75, 3.05) is 24.5 Å². The monoisotopic (exact) mass is 547 g/mol. The molecule has 0 radical (unpaired) electrons. The predicted octanol–water partition coefficient (Wildman–Crippen LogP) is 5.43. The largest absolute Gasteiger partial charge is 0.389 e. The summed E-state index contributed by atoms with van der Waals surface area (Å²) in [5.74, 6) is 0.0438. The predicted molar refractivity (Wildman–Crippen MR) is 139 cm³/mol. The van der Waals surface area contributed by atoms with Crippen molar-refractivity contribution < 1.29 is 22.8 Å². The van der Waals surface area contributed by atoms with Gasteiger partial charge in [-0.3, -0.25) is 4.79 Å². The molecule has 2 aromatic rings. The van der Waals surface area contributed by atoms with E-state index in [0.717, 1.165) is 16.8 Å². The van der Waals surface area contributed by atoms with Crippen molar-refractivity contribution in [3.63, 3.8) is 0 Å². The van der Waals surface area contributed by atoms with Gasteiger partial charge in [0.15, 0.2) is 5.82 Å². The van der Waals surface area contributed by atoms with Gasteiger partial charge in [-0.1, -0.05) is 35.9 Å². The summed E-state index contributed by atoms with van der Waals surface area (Å²) in [6, 6.07) is 10.7. The van der Waals surface area contributed by atoms with E-state index in [2.05, 4.69) is 10.3 Å². The summed E-state index contributed by atoms with van der Waals surface area (Å²) in [7, 11) is 0. The molecule has 1 saturated heterocycles.